The van der Waals surface area contributed by atoms with E-state index >= 15 is 0 Å². The van der Waals surface area contributed by atoms with Crippen molar-refractivity contribution in [1.82, 2.24) is 4.98 Å². The highest BCUT2D eigenvalue weighted by Crippen LogP contribution is 2.30. The van der Waals surface area contributed by atoms with Crippen LogP contribution in [-0.4, -0.2) is 4.98 Å². The van der Waals surface area contributed by atoms with E-state index in [-0.39, 0.29) is 11.9 Å². The van der Waals surface area contributed by atoms with E-state index in [2.05, 4.69) is 10.3 Å². The molecule has 0 aliphatic carbocycles. The molecule has 106 valence electrons. The highest BCUT2D eigenvalue weighted by molar-refractivity contribution is 6.00. The van der Waals surface area contributed by atoms with Crippen molar-refractivity contribution in [2.24, 2.45) is 0 Å². The van der Waals surface area contributed by atoms with Gasteiger partial charge in [-0.3, -0.25) is 4.98 Å². The van der Waals surface area contributed by atoms with Crippen LogP contribution in [0, 0.1) is 5.82 Å². The van der Waals surface area contributed by atoms with Gasteiger partial charge in [0.05, 0.1) is 0 Å². The van der Waals surface area contributed by atoms with Crippen LogP contribution in [0.15, 0.2) is 54.9 Å². The molecule has 21 heavy (non-hydrogen) atoms. The van der Waals surface area contributed by atoms with Crippen molar-refractivity contribution in [3.63, 3.8) is 0 Å². The Balaban J connectivity index is 1.95. The van der Waals surface area contributed by atoms with Crippen LogP contribution in [0.5, 0.6) is 0 Å². The van der Waals surface area contributed by atoms with Crippen molar-refractivity contribution < 1.29 is 4.39 Å². The molecule has 0 aliphatic rings. The van der Waals surface area contributed by atoms with Gasteiger partial charge in [-0.1, -0.05) is 12.1 Å². The first-order valence-electron chi connectivity index (χ1n) is 6.79. The van der Waals surface area contributed by atoms with E-state index in [1.54, 1.807) is 24.5 Å². The minimum absolute atomic E-state index is 0.0607. The van der Waals surface area contributed by atoms with Gasteiger partial charge in [-0.25, -0.2) is 4.39 Å². The maximum Gasteiger partial charge on any atom is 0.123 e. The minimum Gasteiger partial charge on any atom is -0.398 e. The lowest BCUT2D eigenvalue weighted by molar-refractivity contribution is 0.626. The molecule has 0 fully saturated rings. The van der Waals surface area contributed by atoms with E-state index in [9.17, 15) is 4.39 Å². The molecule has 0 saturated heterocycles. The lowest BCUT2D eigenvalue weighted by atomic mass is 10.1. The number of halogens is 1. The van der Waals surface area contributed by atoms with Crippen molar-refractivity contribution in [2.45, 2.75) is 13.0 Å². The van der Waals surface area contributed by atoms with E-state index in [0.717, 1.165) is 22.0 Å². The van der Waals surface area contributed by atoms with Gasteiger partial charge in [-0.05, 0) is 42.8 Å². The van der Waals surface area contributed by atoms with Gasteiger partial charge in [0.25, 0.3) is 0 Å². The van der Waals surface area contributed by atoms with Crippen LogP contribution >= 0.6 is 0 Å². The van der Waals surface area contributed by atoms with Crippen LogP contribution in [-0.2, 0) is 0 Å². The van der Waals surface area contributed by atoms with Gasteiger partial charge in [0.2, 0.25) is 0 Å². The largest absolute Gasteiger partial charge is 0.398 e. The minimum atomic E-state index is -0.227. The highest BCUT2D eigenvalue weighted by Gasteiger charge is 2.09. The Morgan fingerprint density at radius 3 is 2.57 bits per heavy atom. The Bertz CT molecular complexity index is 769. The summed E-state index contributed by atoms with van der Waals surface area (Å²) in [4.78, 5) is 4.11. The molecule has 0 aliphatic heterocycles. The molecule has 0 radical (unpaired) electrons. The number of hydrogen-bond donors (Lipinski definition) is 2. The molecular formula is C17H16FN3. The normalized spacial score (nSPS) is 12.3. The zero-order valence-electron chi connectivity index (χ0n) is 11.7. The fourth-order valence-corrected chi connectivity index (χ4v) is 2.41. The third-order valence-electron chi connectivity index (χ3n) is 3.59. The molecule has 1 heterocycles. The van der Waals surface area contributed by atoms with Gasteiger partial charge in [0.15, 0.2) is 0 Å². The fraction of sp³-hybridized carbons (Fsp3) is 0.118. The average Bonchev–Trinajstić information content (AvgIpc) is 2.51. The maximum atomic E-state index is 13.0. The van der Waals surface area contributed by atoms with E-state index in [1.165, 1.54) is 12.1 Å². The molecule has 3 rings (SSSR count). The third-order valence-corrected chi connectivity index (χ3v) is 3.59. The summed E-state index contributed by atoms with van der Waals surface area (Å²) in [7, 11) is 0. The van der Waals surface area contributed by atoms with Crippen LogP contribution in [0.2, 0.25) is 0 Å². The van der Waals surface area contributed by atoms with Gasteiger partial charge in [-0.15, -0.1) is 0 Å². The average molecular weight is 281 g/mol. The zero-order valence-corrected chi connectivity index (χ0v) is 11.7. The summed E-state index contributed by atoms with van der Waals surface area (Å²) in [6.45, 7) is 2.04. The van der Waals surface area contributed by atoms with Crippen molar-refractivity contribution >= 4 is 22.1 Å². The standard InChI is InChI=1S/C17H16FN3/c1-11(12-2-4-13(18)5-3-12)21-17-7-6-16(19)15-10-20-9-8-14(15)17/h2-11,21H,19H2,1H3. The number of nitrogens with zero attached hydrogens (tertiary/aromatic N) is 1. The summed E-state index contributed by atoms with van der Waals surface area (Å²) >= 11 is 0. The number of hydrogen-bond acceptors (Lipinski definition) is 3. The van der Waals surface area contributed by atoms with Gasteiger partial charge in [-0.2, -0.15) is 0 Å². The molecule has 0 spiro atoms. The van der Waals surface area contributed by atoms with Crippen LogP contribution in [0.3, 0.4) is 0 Å². The predicted molar refractivity (Wildman–Crippen MR) is 84.6 cm³/mol. The van der Waals surface area contributed by atoms with Gasteiger partial charge in [0.1, 0.15) is 5.82 Å². The number of rotatable bonds is 3. The van der Waals surface area contributed by atoms with E-state index in [0.29, 0.717) is 5.69 Å². The summed E-state index contributed by atoms with van der Waals surface area (Å²) in [5, 5.41) is 5.39. The Morgan fingerprint density at radius 1 is 1.05 bits per heavy atom. The number of nitrogens with one attached hydrogen (secondary N) is 1. The van der Waals surface area contributed by atoms with Crippen LogP contribution < -0.4 is 11.1 Å². The first-order valence-corrected chi connectivity index (χ1v) is 6.79. The fourth-order valence-electron chi connectivity index (χ4n) is 2.41. The molecule has 3 aromatic rings. The molecule has 0 saturated carbocycles. The second kappa shape index (κ2) is 5.40. The van der Waals surface area contributed by atoms with Crippen LogP contribution in [0.4, 0.5) is 15.8 Å². The lowest BCUT2D eigenvalue weighted by Crippen LogP contribution is -2.07. The summed E-state index contributed by atoms with van der Waals surface area (Å²) < 4.78 is 13.0. The Morgan fingerprint density at radius 2 is 1.81 bits per heavy atom. The predicted octanol–water partition coefficient (Wildman–Crippen LogP) is 4.13. The molecule has 0 amide bonds. The van der Waals surface area contributed by atoms with Crippen LogP contribution in [0.1, 0.15) is 18.5 Å². The number of nitrogens with two attached hydrogens (primary N) is 1. The number of nitrogen functional groups attached to an aromatic ring is 1. The topological polar surface area (TPSA) is 50.9 Å². The van der Waals surface area contributed by atoms with Crippen molar-refractivity contribution in [2.75, 3.05) is 11.1 Å². The first kappa shape index (κ1) is 13.4. The van der Waals surface area contributed by atoms with E-state index < -0.39 is 0 Å². The lowest BCUT2D eigenvalue weighted by Gasteiger charge is -2.18. The van der Waals surface area contributed by atoms with Gasteiger partial charge < -0.3 is 11.1 Å². The highest BCUT2D eigenvalue weighted by atomic mass is 19.1. The molecule has 1 unspecified atom stereocenters. The van der Waals surface area contributed by atoms with Crippen molar-refractivity contribution in [3.8, 4) is 0 Å². The quantitative estimate of drug-likeness (QED) is 0.710. The summed E-state index contributed by atoms with van der Waals surface area (Å²) in [6, 6.07) is 12.3. The van der Waals surface area contributed by atoms with E-state index in [4.69, 9.17) is 5.73 Å². The van der Waals surface area contributed by atoms with Crippen molar-refractivity contribution in [1.29, 1.82) is 0 Å². The molecule has 2 aromatic carbocycles. The van der Waals surface area contributed by atoms with Gasteiger partial charge in [0, 0.05) is 40.6 Å². The Kier molecular flexibility index (Phi) is 3.44. The number of benzene rings is 2. The molecule has 1 atom stereocenters. The summed E-state index contributed by atoms with van der Waals surface area (Å²) in [6.07, 6.45) is 3.51. The second-order valence-electron chi connectivity index (χ2n) is 5.04. The zero-order chi connectivity index (χ0) is 14.8. The van der Waals surface area contributed by atoms with Crippen LogP contribution in [0.25, 0.3) is 10.8 Å². The first-order chi connectivity index (χ1) is 10.1. The SMILES string of the molecule is CC(Nc1ccc(N)c2cnccc12)c1ccc(F)cc1. The number of anilines is 2. The Labute approximate surface area is 122 Å². The third kappa shape index (κ3) is 2.65. The number of fused-ring (bicyclic) bond motifs is 1. The van der Waals surface area contributed by atoms with E-state index in [1.807, 2.05) is 25.1 Å². The molecule has 4 heteroatoms. The molecule has 3 nitrogen and oxygen atoms in total. The Hall–Kier alpha value is -2.62. The number of aromatic nitrogens is 1. The second-order valence-corrected chi connectivity index (χ2v) is 5.04. The smallest absolute Gasteiger partial charge is 0.123 e. The monoisotopic (exact) mass is 281 g/mol. The van der Waals surface area contributed by atoms with Gasteiger partial charge >= 0.3 is 0 Å². The molecule has 3 N–H and O–H groups in total. The van der Waals surface area contributed by atoms with Crippen molar-refractivity contribution in [3.05, 3.63) is 66.2 Å². The summed E-state index contributed by atoms with van der Waals surface area (Å²) in [5.74, 6) is -0.227. The maximum absolute atomic E-state index is 13.0. The molecule has 0 bridgehead atoms. The number of pyridine rings is 1. The summed E-state index contributed by atoms with van der Waals surface area (Å²) in [5.41, 5.74) is 8.69. The molecule has 1 aromatic heterocycles. The molecular weight excluding hydrogens is 265 g/mol.